The Morgan fingerprint density at radius 3 is 2.15 bits per heavy atom. The zero-order valence-electron chi connectivity index (χ0n) is 20.8. The number of fused-ring (bicyclic) bond motifs is 9. The Hall–Kier alpha value is -4.86. The van der Waals surface area contributed by atoms with Crippen molar-refractivity contribution < 1.29 is 4.57 Å². The maximum Gasteiger partial charge on any atom is 0.206 e. The highest BCUT2D eigenvalue weighted by atomic mass is 31.2. The molecule has 0 radical (unpaired) electrons. The third kappa shape index (κ3) is 3.20. The third-order valence-electron chi connectivity index (χ3n) is 7.48. The van der Waals surface area contributed by atoms with E-state index in [0.29, 0.717) is 16.2 Å². The Morgan fingerprint density at radius 1 is 0.564 bits per heavy atom. The Kier molecular flexibility index (Phi) is 4.73. The van der Waals surface area contributed by atoms with Gasteiger partial charge in [-0.25, -0.2) is 15.0 Å². The van der Waals surface area contributed by atoms with Gasteiger partial charge in [-0.1, -0.05) is 91.0 Å². The quantitative estimate of drug-likeness (QED) is 0.201. The molecule has 39 heavy (non-hydrogen) atoms. The largest absolute Gasteiger partial charge is 0.305 e. The van der Waals surface area contributed by atoms with Gasteiger partial charge in [0.2, 0.25) is 7.14 Å². The van der Waals surface area contributed by atoms with Crippen molar-refractivity contribution in [3.05, 3.63) is 128 Å². The van der Waals surface area contributed by atoms with Crippen LogP contribution in [0.5, 0.6) is 0 Å². The average Bonchev–Trinajstić information content (AvgIpc) is 3.40. The van der Waals surface area contributed by atoms with Crippen LogP contribution in [0.3, 0.4) is 0 Å². The summed E-state index contributed by atoms with van der Waals surface area (Å²) < 4.78 is 17.4. The van der Waals surface area contributed by atoms with Gasteiger partial charge in [-0.3, -0.25) is 4.40 Å². The number of nitrogens with zero attached hydrogens (tertiary/aromatic N) is 4. The van der Waals surface area contributed by atoms with Gasteiger partial charge in [0.25, 0.3) is 0 Å². The van der Waals surface area contributed by atoms with Crippen LogP contribution in [-0.4, -0.2) is 19.4 Å². The normalized spacial score (nSPS) is 13.4. The van der Waals surface area contributed by atoms with Gasteiger partial charge in [-0.05, 0) is 35.7 Å². The van der Waals surface area contributed by atoms with E-state index in [4.69, 9.17) is 9.97 Å². The first kappa shape index (κ1) is 22.2. The number of para-hydroxylation sites is 2. The summed E-state index contributed by atoms with van der Waals surface area (Å²) in [5, 5.41) is 5.68. The van der Waals surface area contributed by atoms with E-state index in [9.17, 15) is 0 Å². The van der Waals surface area contributed by atoms with Crippen LogP contribution in [0.15, 0.2) is 128 Å². The number of benzene rings is 5. The highest BCUT2D eigenvalue weighted by Gasteiger charge is 2.33. The second-order valence-corrected chi connectivity index (χ2v) is 12.3. The SMILES string of the molecule is O=P(c1ccccc1)(c1ccc2c(c1)nc1c3ccccc3c3ccccc3n21)c1ncc2ccccc2n1. The van der Waals surface area contributed by atoms with E-state index in [2.05, 4.69) is 51.8 Å². The summed E-state index contributed by atoms with van der Waals surface area (Å²) >= 11 is 0. The lowest BCUT2D eigenvalue weighted by Gasteiger charge is -2.18. The maximum atomic E-state index is 15.2. The summed E-state index contributed by atoms with van der Waals surface area (Å²) in [6, 6.07) is 40.0. The van der Waals surface area contributed by atoms with Gasteiger partial charge in [-0.2, -0.15) is 0 Å². The molecule has 0 spiro atoms. The molecule has 0 saturated heterocycles. The number of imidazole rings is 1. The summed E-state index contributed by atoms with van der Waals surface area (Å²) in [6.45, 7) is 0. The smallest absolute Gasteiger partial charge is 0.206 e. The lowest BCUT2D eigenvalue weighted by atomic mass is 10.1. The van der Waals surface area contributed by atoms with E-state index >= 15 is 4.57 Å². The molecule has 1 atom stereocenters. The fourth-order valence-corrected chi connectivity index (χ4v) is 8.04. The lowest BCUT2D eigenvalue weighted by molar-refractivity contribution is 0.591. The van der Waals surface area contributed by atoms with Gasteiger partial charge in [0.15, 0.2) is 5.57 Å². The Labute approximate surface area is 223 Å². The van der Waals surface area contributed by atoms with Gasteiger partial charge in [-0.15, -0.1) is 0 Å². The molecule has 0 saturated carbocycles. The molecule has 5 aromatic carbocycles. The van der Waals surface area contributed by atoms with Crippen molar-refractivity contribution in [2.45, 2.75) is 0 Å². The van der Waals surface area contributed by atoms with Gasteiger partial charge < -0.3 is 4.57 Å². The molecule has 0 N–H and O–H groups in total. The van der Waals surface area contributed by atoms with Crippen molar-refractivity contribution >= 4 is 72.6 Å². The maximum absolute atomic E-state index is 15.2. The van der Waals surface area contributed by atoms with Crippen LogP contribution in [-0.2, 0) is 4.57 Å². The minimum absolute atomic E-state index is 0.325. The molecule has 5 nitrogen and oxygen atoms in total. The van der Waals surface area contributed by atoms with Crippen LogP contribution in [0, 0.1) is 0 Å². The second-order valence-electron chi connectivity index (χ2n) is 9.68. The van der Waals surface area contributed by atoms with Crippen LogP contribution in [0.25, 0.3) is 49.3 Å². The Balaban J connectivity index is 1.44. The first-order chi connectivity index (χ1) is 19.2. The minimum Gasteiger partial charge on any atom is -0.305 e. The number of aromatic nitrogens is 4. The first-order valence-corrected chi connectivity index (χ1v) is 14.5. The second kappa shape index (κ2) is 8.32. The van der Waals surface area contributed by atoms with E-state index in [-0.39, 0.29) is 0 Å². The fraction of sp³-hybridized carbons (Fsp3) is 0. The van der Waals surface area contributed by atoms with Crippen molar-refractivity contribution in [3.63, 3.8) is 0 Å². The molecule has 3 heterocycles. The highest BCUT2D eigenvalue weighted by Crippen LogP contribution is 2.42. The first-order valence-electron chi connectivity index (χ1n) is 12.8. The highest BCUT2D eigenvalue weighted by molar-refractivity contribution is 7.85. The Morgan fingerprint density at radius 2 is 1.28 bits per heavy atom. The van der Waals surface area contributed by atoms with Crippen molar-refractivity contribution in [3.8, 4) is 0 Å². The molecule has 3 aromatic heterocycles. The molecule has 8 aromatic rings. The van der Waals surface area contributed by atoms with E-state index in [0.717, 1.165) is 43.9 Å². The zero-order valence-corrected chi connectivity index (χ0v) is 21.7. The molecule has 0 aliphatic heterocycles. The molecular weight excluding hydrogens is 499 g/mol. The van der Waals surface area contributed by atoms with Crippen molar-refractivity contribution in [2.75, 3.05) is 0 Å². The topological polar surface area (TPSA) is 60.2 Å². The third-order valence-corrected chi connectivity index (χ3v) is 10.3. The number of hydrogen-bond donors (Lipinski definition) is 0. The van der Waals surface area contributed by atoms with E-state index in [1.807, 2.05) is 78.9 Å². The number of pyridine rings is 1. The van der Waals surface area contributed by atoms with Crippen LogP contribution < -0.4 is 16.2 Å². The standard InChI is InChI=1S/C33H21N4OP/c38-39(23-11-2-1-3-12-23,33-34-21-22-10-4-8-16-28(22)36-33)24-18-19-31-29(20-24)35-32-27-15-6-5-13-25(27)26-14-7-9-17-30(26)37(31)32/h1-21H. The summed E-state index contributed by atoms with van der Waals surface area (Å²) in [5.41, 5.74) is 4.82. The summed E-state index contributed by atoms with van der Waals surface area (Å²) in [5.74, 6) is 0. The van der Waals surface area contributed by atoms with Gasteiger partial charge in [0.1, 0.15) is 5.65 Å². The van der Waals surface area contributed by atoms with Crippen LogP contribution >= 0.6 is 7.14 Å². The fourth-order valence-electron chi connectivity index (χ4n) is 5.63. The van der Waals surface area contributed by atoms with Crippen LogP contribution in [0.1, 0.15) is 0 Å². The molecule has 0 amide bonds. The summed E-state index contributed by atoms with van der Waals surface area (Å²) in [4.78, 5) is 14.5. The zero-order chi connectivity index (χ0) is 26.0. The van der Waals surface area contributed by atoms with E-state index in [1.54, 1.807) is 6.20 Å². The Bertz CT molecular complexity index is 2270. The monoisotopic (exact) mass is 520 g/mol. The van der Waals surface area contributed by atoms with Gasteiger partial charge in [0.05, 0.1) is 22.1 Å². The van der Waals surface area contributed by atoms with E-state index < -0.39 is 7.14 Å². The molecule has 0 fully saturated rings. The predicted molar refractivity (Wildman–Crippen MR) is 160 cm³/mol. The number of rotatable bonds is 3. The predicted octanol–water partition coefficient (Wildman–Crippen LogP) is 6.38. The molecule has 0 bridgehead atoms. The molecule has 0 aliphatic rings. The number of hydrogen-bond acceptors (Lipinski definition) is 4. The molecule has 6 heteroatoms. The molecule has 8 rings (SSSR count). The van der Waals surface area contributed by atoms with Crippen molar-refractivity contribution in [1.82, 2.24) is 19.4 Å². The van der Waals surface area contributed by atoms with Crippen LogP contribution in [0.4, 0.5) is 0 Å². The van der Waals surface area contributed by atoms with Gasteiger partial charge >= 0.3 is 0 Å². The molecule has 184 valence electrons. The summed E-state index contributed by atoms with van der Waals surface area (Å²) in [6.07, 6.45) is 1.76. The van der Waals surface area contributed by atoms with E-state index in [1.165, 1.54) is 5.39 Å². The lowest BCUT2D eigenvalue weighted by Crippen LogP contribution is -2.29. The average molecular weight is 521 g/mol. The molecule has 0 aliphatic carbocycles. The van der Waals surface area contributed by atoms with Crippen LogP contribution in [0.2, 0.25) is 0 Å². The molecular formula is C33H21N4OP. The van der Waals surface area contributed by atoms with Crippen molar-refractivity contribution in [1.29, 1.82) is 0 Å². The van der Waals surface area contributed by atoms with Gasteiger partial charge in [0, 0.05) is 33.0 Å². The molecule has 1 unspecified atom stereocenters. The van der Waals surface area contributed by atoms with Crippen molar-refractivity contribution in [2.24, 2.45) is 0 Å². The minimum atomic E-state index is -3.40. The summed E-state index contributed by atoms with van der Waals surface area (Å²) in [7, 11) is -3.40.